The Morgan fingerprint density at radius 2 is 1.45 bits per heavy atom. The summed E-state index contributed by atoms with van der Waals surface area (Å²) in [5.41, 5.74) is 2.48. The zero-order chi connectivity index (χ0) is 21.5. The van der Waals surface area contributed by atoms with E-state index < -0.39 is 0 Å². The monoisotopic (exact) mass is 414 g/mol. The van der Waals surface area contributed by atoms with Crippen molar-refractivity contribution in [2.75, 3.05) is 18.4 Å². The molecule has 158 valence electrons. The van der Waals surface area contributed by atoms with Crippen molar-refractivity contribution in [3.05, 3.63) is 96.1 Å². The fraction of sp³-hybridized carbons (Fsp3) is 0.231. The number of carbonyl (C=O) groups excluding carboxylic acids is 2. The molecule has 1 fully saturated rings. The third-order valence-corrected chi connectivity index (χ3v) is 5.54. The van der Waals surface area contributed by atoms with E-state index in [0.717, 1.165) is 17.0 Å². The predicted octanol–water partition coefficient (Wildman–Crippen LogP) is 4.76. The third-order valence-electron chi connectivity index (χ3n) is 5.54. The Labute approximate surface area is 182 Å². The highest BCUT2D eigenvalue weighted by atomic mass is 16.5. The van der Waals surface area contributed by atoms with Crippen LogP contribution in [0, 0.1) is 5.92 Å². The number of ether oxygens (including phenoxy) is 1. The second-order valence-electron chi connectivity index (χ2n) is 7.72. The summed E-state index contributed by atoms with van der Waals surface area (Å²) >= 11 is 0. The number of hydrogen-bond donors (Lipinski definition) is 1. The zero-order valence-electron chi connectivity index (χ0n) is 17.4. The highest BCUT2D eigenvalue weighted by Gasteiger charge is 2.27. The highest BCUT2D eigenvalue weighted by Crippen LogP contribution is 2.21. The van der Waals surface area contributed by atoms with Gasteiger partial charge in [0, 0.05) is 30.3 Å². The molecule has 0 aliphatic carbocycles. The maximum absolute atomic E-state index is 12.9. The predicted molar refractivity (Wildman–Crippen MR) is 121 cm³/mol. The van der Waals surface area contributed by atoms with Gasteiger partial charge in [0.15, 0.2) is 0 Å². The summed E-state index contributed by atoms with van der Waals surface area (Å²) in [6, 6.07) is 26.7. The van der Waals surface area contributed by atoms with Gasteiger partial charge in [-0.15, -0.1) is 0 Å². The summed E-state index contributed by atoms with van der Waals surface area (Å²) in [4.78, 5) is 27.2. The number of hydrogen-bond acceptors (Lipinski definition) is 3. The molecule has 0 bridgehead atoms. The van der Waals surface area contributed by atoms with Crippen LogP contribution in [0.25, 0.3) is 0 Å². The molecular weight excluding hydrogens is 388 g/mol. The van der Waals surface area contributed by atoms with Crippen LogP contribution in [-0.4, -0.2) is 29.8 Å². The molecule has 0 spiro atoms. The van der Waals surface area contributed by atoms with E-state index in [9.17, 15) is 9.59 Å². The Hall–Kier alpha value is -3.60. The number of amides is 2. The van der Waals surface area contributed by atoms with Crippen LogP contribution in [0.3, 0.4) is 0 Å². The first-order chi connectivity index (χ1) is 15.2. The van der Waals surface area contributed by atoms with Crippen molar-refractivity contribution in [2.45, 2.75) is 19.4 Å². The second-order valence-corrected chi connectivity index (χ2v) is 7.72. The van der Waals surface area contributed by atoms with Crippen LogP contribution in [0.4, 0.5) is 5.69 Å². The fourth-order valence-electron chi connectivity index (χ4n) is 3.72. The van der Waals surface area contributed by atoms with Crippen molar-refractivity contribution in [1.29, 1.82) is 0 Å². The molecule has 2 amide bonds. The number of nitrogens with one attached hydrogen (secondary N) is 1. The number of nitrogens with zero attached hydrogens (tertiary/aromatic N) is 1. The van der Waals surface area contributed by atoms with Gasteiger partial charge in [0.25, 0.3) is 5.91 Å². The van der Waals surface area contributed by atoms with Gasteiger partial charge >= 0.3 is 0 Å². The number of para-hydroxylation sites is 2. The number of likely N-dealkylation sites (tertiary alicyclic amines) is 1. The topological polar surface area (TPSA) is 58.6 Å². The molecule has 0 atom stereocenters. The Morgan fingerprint density at radius 3 is 2.10 bits per heavy atom. The molecule has 4 rings (SSSR count). The van der Waals surface area contributed by atoms with Gasteiger partial charge in [0.05, 0.1) is 0 Å². The summed E-state index contributed by atoms with van der Waals surface area (Å²) in [6.07, 6.45) is 1.35. The number of carbonyl (C=O) groups is 2. The van der Waals surface area contributed by atoms with Crippen LogP contribution in [0.15, 0.2) is 84.9 Å². The van der Waals surface area contributed by atoms with Crippen LogP contribution in [-0.2, 0) is 11.4 Å². The molecule has 0 saturated carbocycles. The maximum Gasteiger partial charge on any atom is 0.253 e. The average Bonchev–Trinajstić information content (AvgIpc) is 2.84. The van der Waals surface area contributed by atoms with Gasteiger partial charge in [-0.05, 0) is 54.8 Å². The Bertz CT molecular complexity index is 996. The van der Waals surface area contributed by atoms with E-state index in [2.05, 4.69) is 5.32 Å². The summed E-state index contributed by atoms with van der Waals surface area (Å²) in [6.45, 7) is 1.63. The van der Waals surface area contributed by atoms with E-state index in [1.54, 1.807) is 0 Å². The summed E-state index contributed by atoms with van der Waals surface area (Å²) < 4.78 is 5.75. The molecule has 31 heavy (non-hydrogen) atoms. The smallest absolute Gasteiger partial charge is 0.253 e. The largest absolute Gasteiger partial charge is 0.489 e. The molecule has 1 N–H and O–H groups in total. The van der Waals surface area contributed by atoms with Crippen molar-refractivity contribution in [3.63, 3.8) is 0 Å². The third kappa shape index (κ3) is 5.51. The minimum atomic E-state index is -0.0678. The van der Waals surface area contributed by atoms with Crippen molar-refractivity contribution in [1.82, 2.24) is 4.90 Å². The van der Waals surface area contributed by atoms with Crippen molar-refractivity contribution in [3.8, 4) is 5.75 Å². The minimum Gasteiger partial charge on any atom is -0.489 e. The number of rotatable bonds is 6. The molecule has 3 aromatic carbocycles. The van der Waals surface area contributed by atoms with Gasteiger partial charge in [-0.2, -0.15) is 0 Å². The second kappa shape index (κ2) is 9.94. The quantitative estimate of drug-likeness (QED) is 0.633. The average molecular weight is 415 g/mol. The van der Waals surface area contributed by atoms with Gasteiger partial charge in [-0.1, -0.05) is 48.5 Å². The molecule has 3 aromatic rings. The van der Waals surface area contributed by atoms with Gasteiger partial charge < -0.3 is 15.0 Å². The first kappa shape index (κ1) is 20.7. The molecule has 0 aromatic heterocycles. The maximum atomic E-state index is 12.9. The molecule has 0 unspecified atom stereocenters. The van der Waals surface area contributed by atoms with Gasteiger partial charge in [-0.25, -0.2) is 0 Å². The SMILES string of the molecule is O=C(Nc1ccccc1)C1CCN(C(=O)c2ccc(COc3ccccc3)cc2)CC1. The van der Waals surface area contributed by atoms with Crippen LogP contribution in [0.1, 0.15) is 28.8 Å². The molecule has 1 saturated heterocycles. The van der Waals surface area contributed by atoms with E-state index >= 15 is 0 Å². The van der Waals surface area contributed by atoms with E-state index in [-0.39, 0.29) is 17.7 Å². The minimum absolute atomic E-state index is 0.0115. The molecule has 5 heteroatoms. The lowest BCUT2D eigenvalue weighted by Crippen LogP contribution is -2.41. The molecular formula is C26H26N2O3. The van der Waals surface area contributed by atoms with Crippen LogP contribution in [0.5, 0.6) is 5.75 Å². The van der Waals surface area contributed by atoms with E-state index in [0.29, 0.717) is 38.1 Å². The molecule has 0 radical (unpaired) electrons. The van der Waals surface area contributed by atoms with E-state index in [1.807, 2.05) is 89.8 Å². The van der Waals surface area contributed by atoms with Gasteiger partial charge in [-0.3, -0.25) is 9.59 Å². The fourth-order valence-corrected chi connectivity index (χ4v) is 3.72. The molecule has 5 nitrogen and oxygen atoms in total. The molecule has 1 heterocycles. The van der Waals surface area contributed by atoms with Crippen LogP contribution in [0.2, 0.25) is 0 Å². The standard InChI is InChI=1S/C26H26N2O3/c29-25(27-23-7-3-1-4-8-23)21-15-17-28(18-16-21)26(30)22-13-11-20(12-14-22)19-31-24-9-5-2-6-10-24/h1-14,21H,15-19H2,(H,27,29). The lowest BCUT2D eigenvalue weighted by molar-refractivity contribution is -0.121. The highest BCUT2D eigenvalue weighted by molar-refractivity contribution is 5.95. The van der Waals surface area contributed by atoms with Crippen molar-refractivity contribution >= 4 is 17.5 Å². The normalized spacial score (nSPS) is 14.1. The zero-order valence-corrected chi connectivity index (χ0v) is 17.4. The summed E-state index contributed by atoms with van der Waals surface area (Å²) in [5.74, 6) is 0.794. The lowest BCUT2D eigenvalue weighted by atomic mass is 9.95. The van der Waals surface area contributed by atoms with E-state index in [4.69, 9.17) is 4.74 Å². The van der Waals surface area contributed by atoms with Crippen LogP contribution < -0.4 is 10.1 Å². The van der Waals surface area contributed by atoms with Gasteiger partial charge in [0.2, 0.25) is 5.91 Å². The van der Waals surface area contributed by atoms with E-state index in [1.165, 1.54) is 0 Å². The van der Waals surface area contributed by atoms with Crippen LogP contribution >= 0.6 is 0 Å². The first-order valence-corrected chi connectivity index (χ1v) is 10.6. The molecule has 1 aliphatic heterocycles. The van der Waals surface area contributed by atoms with Crippen molar-refractivity contribution < 1.29 is 14.3 Å². The number of anilines is 1. The Balaban J connectivity index is 1.27. The Morgan fingerprint density at radius 1 is 0.839 bits per heavy atom. The number of benzene rings is 3. The lowest BCUT2D eigenvalue weighted by Gasteiger charge is -2.31. The van der Waals surface area contributed by atoms with Crippen molar-refractivity contribution in [2.24, 2.45) is 5.92 Å². The molecule has 1 aliphatic rings. The summed E-state index contributed by atoms with van der Waals surface area (Å²) in [7, 11) is 0. The van der Waals surface area contributed by atoms with Gasteiger partial charge in [0.1, 0.15) is 12.4 Å². The Kier molecular flexibility index (Phi) is 6.62. The first-order valence-electron chi connectivity index (χ1n) is 10.6. The number of piperidine rings is 1. The summed E-state index contributed by atoms with van der Waals surface area (Å²) in [5, 5.41) is 2.96.